The molecule has 0 saturated carbocycles. The van der Waals surface area contributed by atoms with Gasteiger partial charge in [0.1, 0.15) is 5.82 Å². The van der Waals surface area contributed by atoms with Gasteiger partial charge in [0.2, 0.25) is 0 Å². The van der Waals surface area contributed by atoms with Crippen molar-refractivity contribution in [3.05, 3.63) is 89.1 Å². The Morgan fingerprint density at radius 3 is 2.45 bits per heavy atom. The SMILES string of the molecule is Cc1ccccc1C(=O)Nc1cnc(N2CCNCC2)c(C(=O)N(C)Cc2ccccc2)c1. The van der Waals surface area contributed by atoms with E-state index in [9.17, 15) is 9.59 Å². The van der Waals surface area contributed by atoms with Crippen LogP contribution in [0.1, 0.15) is 31.8 Å². The van der Waals surface area contributed by atoms with Crippen molar-refractivity contribution in [2.45, 2.75) is 13.5 Å². The number of carbonyl (C=O) groups is 2. The van der Waals surface area contributed by atoms with Gasteiger partial charge in [0.05, 0.1) is 17.4 Å². The van der Waals surface area contributed by atoms with Crippen molar-refractivity contribution >= 4 is 23.3 Å². The zero-order valence-electron chi connectivity index (χ0n) is 19.0. The van der Waals surface area contributed by atoms with E-state index in [1.807, 2.05) is 55.5 Å². The molecule has 0 unspecified atom stereocenters. The van der Waals surface area contributed by atoms with E-state index in [2.05, 4.69) is 20.5 Å². The summed E-state index contributed by atoms with van der Waals surface area (Å²) in [6, 6.07) is 19.0. The standard InChI is InChI=1S/C26H29N5O2/c1-19-8-6-7-11-22(19)25(32)29-21-16-23(24(28-17-21)31-14-12-27-13-15-31)26(33)30(2)18-20-9-4-3-5-10-20/h3-11,16-17,27H,12-15,18H2,1-2H3,(H,29,32). The topological polar surface area (TPSA) is 77.6 Å². The summed E-state index contributed by atoms with van der Waals surface area (Å²) in [5.74, 6) is 0.294. The molecule has 1 fully saturated rings. The Kier molecular flexibility index (Phi) is 7.00. The van der Waals surface area contributed by atoms with Crippen LogP contribution < -0.4 is 15.5 Å². The fourth-order valence-corrected chi connectivity index (χ4v) is 3.97. The number of aromatic nitrogens is 1. The van der Waals surface area contributed by atoms with Crippen molar-refractivity contribution in [1.82, 2.24) is 15.2 Å². The lowest BCUT2D eigenvalue weighted by Gasteiger charge is -2.30. The molecule has 170 valence electrons. The Labute approximate surface area is 194 Å². The van der Waals surface area contributed by atoms with Gasteiger partial charge in [0.25, 0.3) is 11.8 Å². The lowest BCUT2D eigenvalue weighted by molar-refractivity contribution is 0.0785. The summed E-state index contributed by atoms with van der Waals surface area (Å²) < 4.78 is 0. The summed E-state index contributed by atoms with van der Waals surface area (Å²) in [4.78, 5) is 34.8. The molecule has 7 nitrogen and oxygen atoms in total. The van der Waals surface area contributed by atoms with Gasteiger partial charge in [-0.15, -0.1) is 0 Å². The molecule has 2 aromatic carbocycles. The van der Waals surface area contributed by atoms with Gasteiger partial charge < -0.3 is 20.4 Å². The molecule has 1 saturated heterocycles. The van der Waals surface area contributed by atoms with Crippen LogP contribution in [0.25, 0.3) is 0 Å². The summed E-state index contributed by atoms with van der Waals surface area (Å²) >= 11 is 0. The molecule has 1 aliphatic heterocycles. The molecule has 33 heavy (non-hydrogen) atoms. The quantitative estimate of drug-likeness (QED) is 0.611. The first kappa shape index (κ1) is 22.5. The predicted molar refractivity (Wildman–Crippen MR) is 131 cm³/mol. The van der Waals surface area contributed by atoms with E-state index in [0.717, 1.165) is 37.3 Å². The monoisotopic (exact) mass is 443 g/mol. The van der Waals surface area contributed by atoms with E-state index >= 15 is 0 Å². The predicted octanol–water partition coefficient (Wildman–Crippen LogP) is 3.32. The Morgan fingerprint density at radius 1 is 1.03 bits per heavy atom. The van der Waals surface area contributed by atoms with Crippen LogP contribution in [-0.2, 0) is 6.54 Å². The van der Waals surface area contributed by atoms with Crippen LogP contribution in [0.4, 0.5) is 11.5 Å². The van der Waals surface area contributed by atoms with Crippen LogP contribution in [0.3, 0.4) is 0 Å². The van der Waals surface area contributed by atoms with Gasteiger partial charge in [-0.2, -0.15) is 0 Å². The van der Waals surface area contributed by atoms with Crippen LogP contribution in [0.15, 0.2) is 66.9 Å². The van der Waals surface area contributed by atoms with Crippen LogP contribution >= 0.6 is 0 Å². The Bertz CT molecular complexity index is 1130. The number of rotatable bonds is 6. The molecule has 7 heteroatoms. The van der Waals surface area contributed by atoms with Crippen molar-refractivity contribution in [3.8, 4) is 0 Å². The van der Waals surface area contributed by atoms with Gasteiger partial charge in [0, 0.05) is 45.3 Å². The van der Waals surface area contributed by atoms with Gasteiger partial charge >= 0.3 is 0 Å². The number of nitrogens with one attached hydrogen (secondary N) is 2. The van der Waals surface area contributed by atoms with Crippen LogP contribution in [0, 0.1) is 6.92 Å². The van der Waals surface area contributed by atoms with Crippen molar-refractivity contribution in [2.24, 2.45) is 0 Å². The number of piperazine rings is 1. The number of hydrogen-bond acceptors (Lipinski definition) is 5. The average Bonchev–Trinajstić information content (AvgIpc) is 2.85. The van der Waals surface area contributed by atoms with Gasteiger partial charge in [-0.1, -0.05) is 48.5 Å². The van der Waals surface area contributed by atoms with Gasteiger partial charge in [-0.05, 0) is 30.2 Å². The molecule has 0 atom stereocenters. The minimum absolute atomic E-state index is 0.133. The van der Waals surface area contributed by atoms with Gasteiger partial charge in [0.15, 0.2) is 0 Å². The van der Waals surface area contributed by atoms with Crippen molar-refractivity contribution in [1.29, 1.82) is 0 Å². The van der Waals surface area contributed by atoms with E-state index in [1.54, 1.807) is 30.3 Å². The summed E-state index contributed by atoms with van der Waals surface area (Å²) in [6.45, 7) is 5.59. The molecule has 2 heterocycles. The van der Waals surface area contributed by atoms with E-state index in [1.165, 1.54) is 0 Å². The fraction of sp³-hybridized carbons (Fsp3) is 0.269. The minimum atomic E-state index is -0.221. The molecule has 3 aromatic rings. The highest BCUT2D eigenvalue weighted by molar-refractivity contribution is 6.06. The third kappa shape index (κ3) is 5.38. The summed E-state index contributed by atoms with van der Waals surface area (Å²) in [7, 11) is 1.79. The van der Waals surface area contributed by atoms with Crippen molar-refractivity contribution < 1.29 is 9.59 Å². The highest BCUT2D eigenvalue weighted by atomic mass is 16.2. The third-order valence-corrected chi connectivity index (χ3v) is 5.77. The minimum Gasteiger partial charge on any atom is -0.353 e. The number of hydrogen-bond donors (Lipinski definition) is 2. The molecule has 0 bridgehead atoms. The van der Waals surface area contributed by atoms with Crippen LogP contribution in [0.5, 0.6) is 0 Å². The first-order valence-electron chi connectivity index (χ1n) is 11.1. The number of carbonyl (C=O) groups excluding carboxylic acids is 2. The third-order valence-electron chi connectivity index (χ3n) is 5.77. The molecular formula is C26H29N5O2. The Hall–Kier alpha value is -3.71. The highest BCUT2D eigenvalue weighted by Gasteiger charge is 2.23. The lowest BCUT2D eigenvalue weighted by Crippen LogP contribution is -2.44. The number of nitrogens with zero attached hydrogens (tertiary/aromatic N) is 3. The molecule has 0 spiro atoms. The van der Waals surface area contributed by atoms with E-state index in [0.29, 0.717) is 29.2 Å². The number of aryl methyl sites for hydroxylation is 1. The number of pyridine rings is 1. The van der Waals surface area contributed by atoms with Crippen molar-refractivity contribution in [2.75, 3.05) is 43.4 Å². The van der Waals surface area contributed by atoms with Crippen LogP contribution in [-0.4, -0.2) is 54.9 Å². The first-order chi connectivity index (χ1) is 16.0. The molecule has 2 amide bonds. The highest BCUT2D eigenvalue weighted by Crippen LogP contribution is 2.24. The second-order valence-electron chi connectivity index (χ2n) is 8.25. The zero-order valence-corrected chi connectivity index (χ0v) is 19.0. The normalized spacial score (nSPS) is 13.5. The van der Waals surface area contributed by atoms with E-state index in [4.69, 9.17) is 0 Å². The molecular weight excluding hydrogens is 414 g/mol. The second-order valence-corrected chi connectivity index (χ2v) is 8.25. The second kappa shape index (κ2) is 10.3. The molecule has 2 N–H and O–H groups in total. The van der Waals surface area contributed by atoms with E-state index < -0.39 is 0 Å². The van der Waals surface area contributed by atoms with E-state index in [-0.39, 0.29) is 11.8 Å². The number of anilines is 2. The molecule has 4 rings (SSSR count). The lowest BCUT2D eigenvalue weighted by atomic mass is 10.1. The molecule has 1 aromatic heterocycles. The molecule has 1 aliphatic rings. The first-order valence-corrected chi connectivity index (χ1v) is 11.1. The fourth-order valence-electron chi connectivity index (χ4n) is 3.97. The van der Waals surface area contributed by atoms with Gasteiger partial charge in [-0.25, -0.2) is 4.98 Å². The Morgan fingerprint density at radius 2 is 1.73 bits per heavy atom. The average molecular weight is 444 g/mol. The molecule has 0 aliphatic carbocycles. The van der Waals surface area contributed by atoms with Crippen molar-refractivity contribution in [3.63, 3.8) is 0 Å². The summed E-state index contributed by atoms with van der Waals surface area (Å²) in [5, 5.41) is 6.24. The Balaban J connectivity index is 1.62. The number of amides is 2. The summed E-state index contributed by atoms with van der Waals surface area (Å²) in [6.07, 6.45) is 1.63. The maximum Gasteiger partial charge on any atom is 0.257 e. The van der Waals surface area contributed by atoms with Crippen LogP contribution in [0.2, 0.25) is 0 Å². The summed E-state index contributed by atoms with van der Waals surface area (Å²) in [5.41, 5.74) is 3.52. The maximum absolute atomic E-state index is 13.5. The molecule has 0 radical (unpaired) electrons. The number of benzene rings is 2. The smallest absolute Gasteiger partial charge is 0.257 e. The zero-order chi connectivity index (χ0) is 23.2. The maximum atomic E-state index is 13.5. The van der Waals surface area contributed by atoms with Gasteiger partial charge in [-0.3, -0.25) is 9.59 Å². The largest absolute Gasteiger partial charge is 0.353 e.